The average Bonchev–Trinajstić information content (AvgIpc) is 3.21. The van der Waals surface area contributed by atoms with E-state index in [1.54, 1.807) is 0 Å². The summed E-state index contributed by atoms with van der Waals surface area (Å²) in [6.45, 7) is 3.72. The maximum absolute atomic E-state index is 6.19. The van der Waals surface area contributed by atoms with Crippen LogP contribution in [0.2, 0.25) is 5.02 Å². The van der Waals surface area contributed by atoms with Crippen molar-refractivity contribution in [3.63, 3.8) is 0 Å². The van der Waals surface area contributed by atoms with Gasteiger partial charge in [0.1, 0.15) is 17.2 Å². The molecular weight excluding hydrogens is 322 g/mol. The van der Waals surface area contributed by atoms with Gasteiger partial charge in [-0.15, -0.1) is 0 Å². The van der Waals surface area contributed by atoms with Crippen LogP contribution < -0.4 is 5.32 Å². The molecule has 3 aromatic rings. The highest BCUT2D eigenvalue weighted by atomic mass is 35.5. The number of ether oxygens (including phenoxy) is 1. The van der Waals surface area contributed by atoms with E-state index in [1.807, 2.05) is 22.7 Å². The lowest BCUT2D eigenvalue weighted by Crippen LogP contribution is -2.19. The number of imidazole rings is 1. The van der Waals surface area contributed by atoms with Crippen LogP contribution >= 0.6 is 11.6 Å². The van der Waals surface area contributed by atoms with Crippen LogP contribution in [-0.4, -0.2) is 28.6 Å². The number of rotatable bonds is 4. The first-order chi connectivity index (χ1) is 11.7. The molecule has 5 heteroatoms. The molecule has 24 heavy (non-hydrogen) atoms. The van der Waals surface area contributed by atoms with Gasteiger partial charge in [0.15, 0.2) is 0 Å². The minimum absolute atomic E-state index is 0.264. The topological polar surface area (TPSA) is 38.6 Å². The van der Waals surface area contributed by atoms with Gasteiger partial charge in [-0.3, -0.25) is 4.40 Å². The van der Waals surface area contributed by atoms with E-state index in [2.05, 4.69) is 36.5 Å². The van der Waals surface area contributed by atoms with Crippen LogP contribution in [0.25, 0.3) is 16.9 Å². The van der Waals surface area contributed by atoms with Crippen LogP contribution in [0.15, 0.2) is 42.6 Å². The Hall–Kier alpha value is -2.04. The quantitative estimate of drug-likeness (QED) is 0.756. The Kier molecular flexibility index (Phi) is 4.17. The summed E-state index contributed by atoms with van der Waals surface area (Å²) in [5.41, 5.74) is 4.15. The van der Waals surface area contributed by atoms with Crippen LogP contribution in [0.3, 0.4) is 0 Å². The van der Waals surface area contributed by atoms with Gasteiger partial charge in [0.2, 0.25) is 0 Å². The van der Waals surface area contributed by atoms with Gasteiger partial charge in [0.25, 0.3) is 0 Å². The van der Waals surface area contributed by atoms with E-state index in [0.29, 0.717) is 5.02 Å². The third-order valence-electron chi connectivity index (χ3n) is 4.43. The summed E-state index contributed by atoms with van der Waals surface area (Å²) in [7, 11) is 0. The first-order valence-electron chi connectivity index (χ1n) is 8.31. The molecule has 0 saturated carbocycles. The maximum atomic E-state index is 6.19. The monoisotopic (exact) mass is 341 g/mol. The van der Waals surface area contributed by atoms with Gasteiger partial charge >= 0.3 is 0 Å². The Labute approximate surface area is 146 Å². The largest absolute Gasteiger partial charge is 0.376 e. The van der Waals surface area contributed by atoms with E-state index in [0.717, 1.165) is 48.7 Å². The van der Waals surface area contributed by atoms with Crippen molar-refractivity contribution in [3.05, 3.63) is 53.2 Å². The van der Waals surface area contributed by atoms with Gasteiger partial charge in [-0.05, 0) is 31.9 Å². The molecule has 1 fully saturated rings. The van der Waals surface area contributed by atoms with Gasteiger partial charge in [-0.2, -0.15) is 0 Å². The summed E-state index contributed by atoms with van der Waals surface area (Å²) in [6.07, 6.45) is 4.40. The minimum atomic E-state index is 0.264. The van der Waals surface area contributed by atoms with Gasteiger partial charge < -0.3 is 10.1 Å². The molecule has 0 bridgehead atoms. The molecule has 3 heterocycles. The van der Waals surface area contributed by atoms with E-state index >= 15 is 0 Å². The summed E-state index contributed by atoms with van der Waals surface area (Å²) in [4.78, 5) is 4.80. The number of benzene rings is 1. The Morgan fingerprint density at radius 1 is 1.25 bits per heavy atom. The number of hydrogen-bond acceptors (Lipinski definition) is 3. The SMILES string of the molecule is Cc1ccc(-c2nc3ccc(Cl)cn3c2NCC2CCCO2)cc1. The Bertz CT molecular complexity index is 851. The zero-order valence-electron chi connectivity index (χ0n) is 13.6. The van der Waals surface area contributed by atoms with Crippen molar-refractivity contribution in [2.45, 2.75) is 25.9 Å². The normalized spacial score (nSPS) is 17.5. The molecular formula is C19H20ClN3O. The number of pyridine rings is 1. The zero-order valence-corrected chi connectivity index (χ0v) is 14.4. The second-order valence-corrected chi connectivity index (χ2v) is 6.70. The number of aromatic nitrogens is 2. The number of hydrogen-bond donors (Lipinski definition) is 1. The highest BCUT2D eigenvalue weighted by Crippen LogP contribution is 2.30. The molecule has 0 radical (unpaired) electrons. The second-order valence-electron chi connectivity index (χ2n) is 6.27. The highest BCUT2D eigenvalue weighted by Gasteiger charge is 2.19. The van der Waals surface area contributed by atoms with E-state index in [-0.39, 0.29) is 6.10 Å². The maximum Gasteiger partial charge on any atom is 0.139 e. The number of nitrogens with one attached hydrogen (secondary N) is 1. The summed E-state index contributed by atoms with van der Waals surface area (Å²) in [6, 6.07) is 12.2. The van der Waals surface area contributed by atoms with E-state index in [9.17, 15) is 0 Å². The lowest BCUT2D eigenvalue weighted by Gasteiger charge is -2.13. The van der Waals surface area contributed by atoms with Gasteiger partial charge in [-0.1, -0.05) is 41.4 Å². The average molecular weight is 342 g/mol. The van der Waals surface area contributed by atoms with Crippen molar-refractivity contribution in [2.24, 2.45) is 0 Å². The molecule has 1 aliphatic rings. The zero-order chi connectivity index (χ0) is 16.5. The first kappa shape index (κ1) is 15.5. The highest BCUT2D eigenvalue weighted by molar-refractivity contribution is 6.30. The molecule has 0 amide bonds. The van der Waals surface area contributed by atoms with Gasteiger partial charge in [-0.25, -0.2) is 4.98 Å². The predicted molar refractivity (Wildman–Crippen MR) is 97.8 cm³/mol. The van der Waals surface area contributed by atoms with E-state index in [4.69, 9.17) is 21.3 Å². The molecule has 2 aromatic heterocycles. The third kappa shape index (κ3) is 2.99. The van der Waals surface area contributed by atoms with E-state index in [1.165, 1.54) is 5.56 Å². The molecule has 124 valence electrons. The van der Waals surface area contributed by atoms with Crippen LogP contribution in [0, 0.1) is 6.92 Å². The van der Waals surface area contributed by atoms with Crippen molar-refractivity contribution >= 4 is 23.1 Å². The molecule has 1 aromatic carbocycles. The molecule has 0 aliphatic carbocycles. The van der Waals surface area contributed by atoms with Crippen molar-refractivity contribution in [2.75, 3.05) is 18.5 Å². The third-order valence-corrected chi connectivity index (χ3v) is 4.65. The van der Waals surface area contributed by atoms with Crippen LogP contribution in [0.1, 0.15) is 18.4 Å². The molecule has 1 saturated heterocycles. The molecule has 0 spiro atoms. The number of nitrogens with zero attached hydrogens (tertiary/aromatic N) is 2. The summed E-state index contributed by atoms with van der Waals surface area (Å²) in [5, 5.41) is 4.23. The summed E-state index contributed by atoms with van der Waals surface area (Å²) in [5.74, 6) is 0.965. The van der Waals surface area contributed by atoms with Crippen LogP contribution in [0.4, 0.5) is 5.82 Å². The van der Waals surface area contributed by atoms with Gasteiger partial charge in [0, 0.05) is 24.9 Å². The predicted octanol–water partition coefficient (Wildman–Crippen LogP) is 4.55. The van der Waals surface area contributed by atoms with Crippen molar-refractivity contribution in [1.29, 1.82) is 0 Å². The molecule has 1 aliphatic heterocycles. The smallest absolute Gasteiger partial charge is 0.139 e. The van der Waals surface area contributed by atoms with Crippen molar-refractivity contribution < 1.29 is 4.74 Å². The summed E-state index contributed by atoms with van der Waals surface area (Å²) >= 11 is 6.19. The minimum Gasteiger partial charge on any atom is -0.376 e. The lowest BCUT2D eigenvalue weighted by molar-refractivity contribution is 0.120. The van der Waals surface area contributed by atoms with E-state index < -0.39 is 0 Å². The van der Waals surface area contributed by atoms with Gasteiger partial charge in [0.05, 0.1) is 11.1 Å². The summed E-state index contributed by atoms with van der Waals surface area (Å²) < 4.78 is 7.75. The number of halogens is 1. The molecule has 1 unspecified atom stereocenters. The Morgan fingerprint density at radius 3 is 2.83 bits per heavy atom. The fraction of sp³-hybridized carbons (Fsp3) is 0.316. The number of fused-ring (bicyclic) bond motifs is 1. The molecule has 4 nitrogen and oxygen atoms in total. The fourth-order valence-corrected chi connectivity index (χ4v) is 3.28. The molecule has 4 rings (SSSR count). The fourth-order valence-electron chi connectivity index (χ4n) is 3.12. The van der Waals surface area contributed by atoms with Crippen LogP contribution in [0.5, 0.6) is 0 Å². The lowest BCUT2D eigenvalue weighted by atomic mass is 10.1. The standard InChI is InChI=1S/C19H20ClN3O/c1-13-4-6-14(7-5-13)18-19(21-11-16-3-2-10-24-16)23-12-15(20)8-9-17(23)22-18/h4-9,12,16,21H,2-3,10-11H2,1H3. The Morgan fingerprint density at radius 2 is 2.08 bits per heavy atom. The molecule has 1 N–H and O–H groups in total. The van der Waals surface area contributed by atoms with Crippen molar-refractivity contribution in [1.82, 2.24) is 9.38 Å². The second kappa shape index (κ2) is 6.46. The first-order valence-corrected chi connectivity index (χ1v) is 8.68. The van der Waals surface area contributed by atoms with Crippen LogP contribution in [-0.2, 0) is 4.74 Å². The number of aryl methyl sites for hydroxylation is 1. The van der Waals surface area contributed by atoms with Crippen molar-refractivity contribution in [3.8, 4) is 11.3 Å². The molecule has 1 atom stereocenters. The number of anilines is 1. The Balaban J connectivity index is 1.75.